The van der Waals surface area contributed by atoms with E-state index in [2.05, 4.69) is 127 Å². The summed E-state index contributed by atoms with van der Waals surface area (Å²) >= 11 is 0. The highest BCUT2D eigenvalue weighted by Gasteiger charge is 2.45. The van der Waals surface area contributed by atoms with Crippen LogP contribution in [0.1, 0.15) is 42.4 Å². The number of nitrogens with zero attached hydrogens (tertiary/aromatic N) is 3. The van der Waals surface area contributed by atoms with Gasteiger partial charge in [0.15, 0.2) is 5.82 Å². The van der Waals surface area contributed by atoms with Gasteiger partial charge in [-0.1, -0.05) is 122 Å². The summed E-state index contributed by atoms with van der Waals surface area (Å²) in [6, 6.07) is 54.9. The maximum Gasteiger partial charge on any atom is 0.160 e. The van der Waals surface area contributed by atoms with Gasteiger partial charge < -0.3 is 4.74 Å². The van der Waals surface area contributed by atoms with Crippen LogP contribution < -0.4 is 4.74 Å². The monoisotopic (exact) mass is 643 g/mol. The van der Waals surface area contributed by atoms with Crippen LogP contribution in [0.25, 0.3) is 56.2 Å². The molecule has 0 bridgehead atoms. The molecule has 4 nitrogen and oxygen atoms in total. The van der Waals surface area contributed by atoms with E-state index in [0.717, 1.165) is 92.9 Å². The molecule has 238 valence electrons. The first-order valence-corrected chi connectivity index (χ1v) is 17.3. The summed E-state index contributed by atoms with van der Waals surface area (Å²) in [7, 11) is 0. The van der Waals surface area contributed by atoms with Crippen LogP contribution in [-0.2, 0) is 5.41 Å². The maximum absolute atomic E-state index is 9.92. The van der Waals surface area contributed by atoms with E-state index < -0.39 is 0 Å². The maximum atomic E-state index is 9.92. The lowest BCUT2D eigenvalue weighted by molar-refractivity contribution is 0.393. The van der Waals surface area contributed by atoms with Crippen LogP contribution >= 0.6 is 0 Å². The van der Waals surface area contributed by atoms with E-state index in [-0.39, 0.29) is 5.41 Å². The molecule has 6 aromatic carbocycles. The van der Waals surface area contributed by atoms with Gasteiger partial charge in [0.1, 0.15) is 17.6 Å². The predicted octanol–water partition coefficient (Wildman–Crippen LogP) is 11.6. The van der Waals surface area contributed by atoms with E-state index in [1.807, 2.05) is 30.3 Å². The van der Waals surface area contributed by atoms with Gasteiger partial charge in [-0.2, -0.15) is 5.26 Å². The Morgan fingerprint density at radius 1 is 0.500 bits per heavy atom. The Balaban J connectivity index is 1.21. The number of hydrogen-bond acceptors (Lipinski definition) is 4. The Morgan fingerprint density at radius 3 is 1.66 bits per heavy atom. The van der Waals surface area contributed by atoms with Gasteiger partial charge in [0.05, 0.1) is 17.0 Å². The second kappa shape index (κ2) is 12.3. The van der Waals surface area contributed by atoms with Crippen LogP contribution in [0.15, 0.2) is 152 Å². The molecule has 0 unspecified atom stereocenters. The molecule has 1 spiro atoms. The van der Waals surface area contributed by atoms with Crippen molar-refractivity contribution in [3.63, 3.8) is 0 Å². The minimum Gasteiger partial charge on any atom is -0.455 e. The summed E-state index contributed by atoms with van der Waals surface area (Å²) in [5.41, 5.74) is 12.0. The summed E-state index contributed by atoms with van der Waals surface area (Å²) < 4.78 is 6.51. The molecular weight excluding hydrogens is 611 g/mol. The Bertz CT molecular complexity index is 2320. The van der Waals surface area contributed by atoms with Crippen molar-refractivity contribution in [2.75, 3.05) is 0 Å². The highest BCUT2D eigenvalue weighted by molar-refractivity contribution is 5.78. The van der Waals surface area contributed by atoms with Crippen LogP contribution in [0.3, 0.4) is 0 Å². The van der Waals surface area contributed by atoms with Crippen LogP contribution in [0.5, 0.6) is 11.5 Å². The molecule has 0 saturated heterocycles. The van der Waals surface area contributed by atoms with Crippen molar-refractivity contribution in [1.82, 2.24) is 9.97 Å². The standard InChI is InChI=1S/C46H33N3O/c47-30-38-20-11-21-39-44(38)50-43-23-22-37(28-40(43)46(39)24-7-8-25-46)45-48-41(35-18-9-16-33(26-35)31-12-3-1-4-13-31)29-42(49-45)36-19-10-17-34(27-36)32-14-5-2-6-15-32/h1-6,9-23,26-29H,7-8,24-25H2. The number of fused-ring (bicyclic) bond motifs is 4. The van der Waals surface area contributed by atoms with Gasteiger partial charge >= 0.3 is 0 Å². The number of nitriles is 1. The quantitative estimate of drug-likeness (QED) is 0.187. The molecule has 50 heavy (non-hydrogen) atoms. The molecule has 0 N–H and O–H groups in total. The van der Waals surface area contributed by atoms with E-state index in [0.29, 0.717) is 17.1 Å². The summed E-state index contributed by atoms with van der Waals surface area (Å²) in [5, 5.41) is 9.92. The van der Waals surface area contributed by atoms with E-state index >= 15 is 0 Å². The third-order valence-electron chi connectivity index (χ3n) is 10.3. The molecule has 9 rings (SSSR count). The van der Waals surface area contributed by atoms with Crippen molar-refractivity contribution in [1.29, 1.82) is 5.26 Å². The lowest BCUT2D eigenvalue weighted by Gasteiger charge is -2.38. The van der Waals surface area contributed by atoms with Crippen molar-refractivity contribution in [2.24, 2.45) is 0 Å². The van der Waals surface area contributed by atoms with Crippen molar-refractivity contribution < 1.29 is 4.74 Å². The van der Waals surface area contributed by atoms with Gasteiger partial charge in [0.2, 0.25) is 0 Å². The Labute approximate surface area is 292 Å². The van der Waals surface area contributed by atoms with Crippen molar-refractivity contribution >= 4 is 0 Å². The first-order valence-electron chi connectivity index (χ1n) is 17.3. The SMILES string of the molecule is N#Cc1cccc2c1Oc1ccc(-c3nc(-c4cccc(-c5ccccc5)c4)cc(-c4cccc(-c5ccccc5)c4)n3)cc1C21CCCC1. The summed E-state index contributed by atoms with van der Waals surface area (Å²) in [6.45, 7) is 0. The summed E-state index contributed by atoms with van der Waals surface area (Å²) in [4.78, 5) is 10.5. The van der Waals surface area contributed by atoms with Crippen molar-refractivity contribution in [3.05, 3.63) is 168 Å². The topological polar surface area (TPSA) is 58.8 Å². The molecule has 0 radical (unpaired) electrons. The van der Waals surface area contributed by atoms with Crippen LogP contribution in [0.4, 0.5) is 0 Å². The van der Waals surface area contributed by atoms with Crippen LogP contribution in [-0.4, -0.2) is 9.97 Å². The normalized spacial score (nSPS) is 14.0. The van der Waals surface area contributed by atoms with Gasteiger partial charge in [-0.15, -0.1) is 0 Å². The molecule has 1 aliphatic carbocycles. The molecule has 1 aliphatic heterocycles. The zero-order valence-corrected chi connectivity index (χ0v) is 27.5. The molecule has 2 heterocycles. The molecule has 2 aliphatic rings. The number of benzene rings is 6. The molecule has 1 aromatic heterocycles. The fraction of sp³-hybridized carbons (Fsp3) is 0.109. The predicted molar refractivity (Wildman–Crippen MR) is 200 cm³/mol. The molecule has 0 atom stereocenters. The molecule has 1 saturated carbocycles. The van der Waals surface area contributed by atoms with Crippen molar-refractivity contribution in [2.45, 2.75) is 31.1 Å². The highest BCUT2D eigenvalue weighted by atomic mass is 16.5. The molecule has 4 heteroatoms. The van der Waals surface area contributed by atoms with Gasteiger partial charge in [-0.3, -0.25) is 0 Å². The number of aromatic nitrogens is 2. The van der Waals surface area contributed by atoms with Crippen LogP contribution in [0, 0.1) is 11.3 Å². The fourth-order valence-corrected chi connectivity index (χ4v) is 7.87. The number of para-hydroxylation sites is 1. The van der Waals surface area contributed by atoms with E-state index in [1.54, 1.807) is 0 Å². The lowest BCUT2D eigenvalue weighted by atomic mass is 9.70. The summed E-state index contributed by atoms with van der Waals surface area (Å²) in [5.74, 6) is 2.18. The second-order valence-electron chi connectivity index (χ2n) is 13.3. The number of rotatable bonds is 5. The third-order valence-corrected chi connectivity index (χ3v) is 10.3. The van der Waals surface area contributed by atoms with Gasteiger partial charge in [0, 0.05) is 33.2 Å². The van der Waals surface area contributed by atoms with E-state index in [9.17, 15) is 5.26 Å². The Kier molecular flexibility index (Phi) is 7.33. The molecule has 7 aromatic rings. The minimum atomic E-state index is -0.208. The van der Waals surface area contributed by atoms with Gasteiger partial charge in [0.25, 0.3) is 0 Å². The largest absolute Gasteiger partial charge is 0.455 e. The Morgan fingerprint density at radius 2 is 1.06 bits per heavy atom. The molecule has 0 amide bonds. The van der Waals surface area contributed by atoms with Gasteiger partial charge in [-0.05, 0) is 77.6 Å². The lowest BCUT2D eigenvalue weighted by Crippen LogP contribution is -2.28. The highest BCUT2D eigenvalue weighted by Crippen LogP contribution is 2.57. The summed E-state index contributed by atoms with van der Waals surface area (Å²) in [6.07, 6.45) is 4.29. The smallest absolute Gasteiger partial charge is 0.160 e. The first-order chi connectivity index (χ1) is 24.7. The zero-order valence-electron chi connectivity index (χ0n) is 27.5. The van der Waals surface area contributed by atoms with E-state index in [4.69, 9.17) is 14.7 Å². The Hall–Kier alpha value is -6.31. The van der Waals surface area contributed by atoms with Crippen molar-refractivity contribution in [3.8, 4) is 73.7 Å². The van der Waals surface area contributed by atoms with E-state index in [1.165, 1.54) is 0 Å². The average Bonchev–Trinajstić information content (AvgIpc) is 3.69. The number of ether oxygens (including phenoxy) is 1. The second-order valence-corrected chi connectivity index (χ2v) is 13.3. The number of hydrogen-bond donors (Lipinski definition) is 0. The van der Waals surface area contributed by atoms with Crippen LogP contribution in [0.2, 0.25) is 0 Å². The fourth-order valence-electron chi connectivity index (χ4n) is 7.87. The van der Waals surface area contributed by atoms with Gasteiger partial charge in [-0.25, -0.2) is 9.97 Å². The average molecular weight is 644 g/mol. The molecule has 1 fully saturated rings. The minimum absolute atomic E-state index is 0.208. The third kappa shape index (κ3) is 5.16. The molecular formula is C46H33N3O. The zero-order chi connectivity index (χ0) is 33.5. The first kappa shape index (κ1) is 29.8.